The molecule has 0 aromatic heterocycles. The zero-order valence-corrected chi connectivity index (χ0v) is 19.4. The van der Waals surface area contributed by atoms with Crippen molar-refractivity contribution in [2.45, 2.75) is 45.2 Å². The Hall–Kier alpha value is -1.22. The lowest BCUT2D eigenvalue weighted by atomic mass is 10.0. The van der Waals surface area contributed by atoms with Crippen molar-refractivity contribution < 1.29 is 9.47 Å². The largest absolute Gasteiger partial charge is 0.497 e. The van der Waals surface area contributed by atoms with E-state index in [1.165, 1.54) is 0 Å². The lowest BCUT2D eigenvalue weighted by molar-refractivity contribution is 0.167. The Morgan fingerprint density at radius 3 is 2.59 bits per heavy atom. The third-order valence-electron chi connectivity index (χ3n) is 4.75. The van der Waals surface area contributed by atoms with Crippen LogP contribution >= 0.6 is 24.0 Å². The molecule has 6 nitrogen and oxygen atoms in total. The summed E-state index contributed by atoms with van der Waals surface area (Å²) in [4.78, 5) is 6.87. The lowest BCUT2D eigenvalue weighted by Crippen LogP contribution is -2.50. The number of aliphatic imine (C=N–C) groups is 1. The number of likely N-dealkylation sites (tertiary alicyclic amines) is 1. The van der Waals surface area contributed by atoms with E-state index < -0.39 is 0 Å². The molecule has 0 unspecified atom stereocenters. The molecule has 1 aromatic rings. The molecule has 1 saturated heterocycles. The van der Waals surface area contributed by atoms with Gasteiger partial charge in [-0.2, -0.15) is 0 Å². The molecule has 2 N–H and O–H groups in total. The molecule has 0 saturated carbocycles. The van der Waals surface area contributed by atoms with Gasteiger partial charge in [-0.05, 0) is 45.2 Å². The molecular weight excluding hydrogens is 455 g/mol. The van der Waals surface area contributed by atoms with Crippen molar-refractivity contribution in [3.05, 3.63) is 24.3 Å². The summed E-state index contributed by atoms with van der Waals surface area (Å²) in [7, 11) is 3.49. The minimum absolute atomic E-state index is 0. The molecule has 1 heterocycles. The minimum atomic E-state index is 0. The Kier molecular flexibility index (Phi) is 11.5. The van der Waals surface area contributed by atoms with Crippen molar-refractivity contribution in [1.82, 2.24) is 15.5 Å². The SMILES string of the molecule is CN=C(NCCCOc1cccc(OC)c1)NC1CCN(C(C)C)CC1.I. The van der Waals surface area contributed by atoms with Crippen LogP contribution in [0.2, 0.25) is 0 Å². The highest BCUT2D eigenvalue weighted by atomic mass is 127. The Morgan fingerprint density at radius 2 is 1.96 bits per heavy atom. The van der Waals surface area contributed by atoms with E-state index >= 15 is 0 Å². The highest BCUT2D eigenvalue weighted by Gasteiger charge is 2.21. The van der Waals surface area contributed by atoms with Gasteiger partial charge in [0.05, 0.1) is 13.7 Å². The number of rotatable bonds is 8. The number of nitrogens with one attached hydrogen (secondary N) is 2. The summed E-state index contributed by atoms with van der Waals surface area (Å²) >= 11 is 0. The Labute approximate surface area is 181 Å². The first kappa shape index (κ1) is 23.8. The van der Waals surface area contributed by atoms with Crippen LogP contribution in [0.3, 0.4) is 0 Å². The van der Waals surface area contributed by atoms with Crippen LogP contribution in [-0.4, -0.2) is 63.3 Å². The second-order valence-corrected chi connectivity index (χ2v) is 6.93. The molecule has 2 rings (SSSR count). The van der Waals surface area contributed by atoms with Crippen molar-refractivity contribution in [2.75, 3.05) is 40.4 Å². The summed E-state index contributed by atoms with van der Waals surface area (Å²) in [6.07, 6.45) is 3.24. The molecule has 0 aliphatic carbocycles. The topological polar surface area (TPSA) is 58.1 Å². The Balaban J connectivity index is 0.00000364. The van der Waals surface area contributed by atoms with E-state index in [2.05, 4.69) is 34.4 Å². The maximum atomic E-state index is 5.76. The number of ether oxygens (including phenoxy) is 2. The predicted molar refractivity (Wildman–Crippen MR) is 123 cm³/mol. The standard InChI is InChI=1S/C20H34N4O2.HI/c1-16(2)24-12-9-17(10-13-24)23-20(21-3)22-11-6-14-26-19-8-5-7-18(15-19)25-4;/h5,7-8,15-17H,6,9-14H2,1-4H3,(H2,21,22,23);1H. The molecule has 27 heavy (non-hydrogen) atoms. The van der Waals surface area contributed by atoms with Crippen LogP contribution in [0.1, 0.15) is 33.1 Å². The highest BCUT2D eigenvalue weighted by molar-refractivity contribution is 14.0. The van der Waals surface area contributed by atoms with Crippen LogP contribution in [0.15, 0.2) is 29.3 Å². The van der Waals surface area contributed by atoms with Crippen molar-refractivity contribution >= 4 is 29.9 Å². The summed E-state index contributed by atoms with van der Waals surface area (Å²) in [5, 5.41) is 6.92. The Morgan fingerprint density at radius 1 is 1.26 bits per heavy atom. The van der Waals surface area contributed by atoms with Gasteiger partial charge in [0.2, 0.25) is 0 Å². The first-order chi connectivity index (χ1) is 12.6. The Bertz CT molecular complexity index is 561. The van der Waals surface area contributed by atoms with Crippen LogP contribution in [-0.2, 0) is 0 Å². The van der Waals surface area contributed by atoms with Crippen molar-refractivity contribution in [3.63, 3.8) is 0 Å². The predicted octanol–water partition coefficient (Wildman–Crippen LogP) is 3.12. The van der Waals surface area contributed by atoms with E-state index in [0.29, 0.717) is 18.7 Å². The fourth-order valence-corrected chi connectivity index (χ4v) is 3.11. The molecule has 1 aliphatic rings. The van der Waals surface area contributed by atoms with E-state index in [1.54, 1.807) is 7.11 Å². The molecule has 0 spiro atoms. The van der Waals surface area contributed by atoms with E-state index in [-0.39, 0.29) is 24.0 Å². The van der Waals surface area contributed by atoms with Gasteiger partial charge in [-0.15, -0.1) is 24.0 Å². The maximum absolute atomic E-state index is 5.76. The molecular formula is C20H35IN4O2. The van der Waals surface area contributed by atoms with E-state index in [1.807, 2.05) is 31.3 Å². The zero-order valence-electron chi connectivity index (χ0n) is 17.0. The maximum Gasteiger partial charge on any atom is 0.191 e. The molecule has 0 atom stereocenters. The van der Waals surface area contributed by atoms with Crippen molar-refractivity contribution in [3.8, 4) is 11.5 Å². The molecule has 0 radical (unpaired) electrons. The van der Waals surface area contributed by atoms with Gasteiger partial charge >= 0.3 is 0 Å². The average molecular weight is 490 g/mol. The number of halogens is 1. The molecule has 0 bridgehead atoms. The number of hydrogen-bond acceptors (Lipinski definition) is 4. The van der Waals surface area contributed by atoms with Crippen LogP contribution < -0.4 is 20.1 Å². The van der Waals surface area contributed by atoms with Crippen LogP contribution in [0.25, 0.3) is 0 Å². The molecule has 0 amide bonds. The third kappa shape index (κ3) is 8.55. The monoisotopic (exact) mass is 490 g/mol. The summed E-state index contributed by atoms with van der Waals surface area (Å²) in [6.45, 7) is 8.32. The van der Waals surface area contributed by atoms with E-state index in [9.17, 15) is 0 Å². The third-order valence-corrected chi connectivity index (χ3v) is 4.75. The molecule has 7 heteroatoms. The lowest BCUT2D eigenvalue weighted by Gasteiger charge is -2.35. The molecule has 154 valence electrons. The first-order valence-electron chi connectivity index (χ1n) is 9.60. The smallest absolute Gasteiger partial charge is 0.191 e. The molecule has 1 aromatic carbocycles. The van der Waals surface area contributed by atoms with Gasteiger partial charge in [-0.25, -0.2) is 0 Å². The van der Waals surface area contributed by atoms with Gasteiger partial charge in [0, 0.05) is 44.8 Å². The summed E-state index contributed by atoms with van der Waals surface area (Å²) in [5.74, 6) is 2.53. The van der Waals surface area contributed by atoms with Gasteiger partial charge in [-0.1, -0.05) is 6.07 Å². The van der Waals surface area contributed by atoms with E-state index in [4.69, 9.17) is 9.47 Å². The minimum Gasteiger partial charge on any atom is -0.497 e. The molecule has 1 aliphatic heterocycles. The number of guanidine groups is 1. The van der Waals surface area contributed by atoms with Crippen LogP contribution in [0.5, 0.6) is 11.5 Å². The van der Waals surface area contributed by atoms with Crippen molar-refractivity contribution in [1.29, 1.82) is 0 Å². The second kappa shape index (κ2) is 13.0. The number of piperidine rings is 1. The van der Waals surface area contributed by atoms with Crippen molar-refractivity contribution in [2.24, 2.45) is 4.99 Å². The van der Waals surface area contributed by atoms with Crippen LogP contribution in [0.4, 0.5) is 0 Å². The highest BCUT2D eigenvalue weighted by Crippen LogP contribution is 2.18. The number of benzene rings is 1. The average Bonchev–Trinajstić information content (AvgIpc) is 2.67. The van der Waals surface area contributed by atoms with Crippen LogP contribution in [0, 0.1) is 0 Å². The van der Waals surface area contributed by atoms with Gasteiger partial charge in [0.1, 0.15) is 11.5 Å². The summed E-state index contributed by atoms with van der Waals surface area (Å²) in [5.41, 5.74) is 0. The fraction of sp³-hybridized carbons (Fsp3) is 0.650. The normalized spacial score (nSPS) is 16.0. The second-order valence-electron chi connectivity index (χ2n) is 6.93. The van der Waals surface area contributed by atoms with E-state index in [0.717, 1.165) is 56.4 Å². The summed E-state index contributed by atoms with van der Waals surface area (Å²) in [6, 6.07) is 8.83. The number of hydrogen-bond donors (Lipinski definition) is 2. The van der Waals surface area contributed by atoms with Gasteiger partial charge in [-0.3, -0.25) is 4.99 Å². The zero-order chi connectivity index (χ0) is 18.8. The number of methoxy groups -OCH3 is 1. The van der Waals surface area contributed by atoms with Gasteiger partial charge in [0.25, 0.3) is 0 Å². The van der Waals surface area contributed by atoms with Gasteiger partial charge < -0.3 is 25.0 Å². The molecule has 1 fully saturated rings. The first-order valence-corrected chi connectivity index (χ1v) is 9.60. The fourth-order valence-electron chi connectivity index (χ4n) is 3.11. The quantitative estimate of drug-likeness (QED) is 0.254. The summed E-state index contributed by atoms with van der Waals surface area (Å²) < 4.78 is 11.0. The number of nitrogens with zero attached hydrogens (tertiary/aromatic N) is 2. The van der Waals surface area contributed by atoms with Gasteiger partial charge in [0.15, 0.2) is 5.96 Å².